The molecule has 0 aliphatic carbocycles. The molecule has 1 N–H and O–H groups in total. The molecule has 2 aromatic carbocycles. The Kier molecular flexibility index (Phi) is 6.20. The highest BCUT2D eigenvalue weighted by Gasteiger charge is 2.19. The number of halogens is 1. The van der Waals surface area contributed by atoms with E-state index in [0.717, 1.165) is 5.56 Å². The molecule has 0 spiro atoms. The minimum absolute atomic E-state index is 0.0291. The SMILES string of the molecule is CC(NC(=O)c1ccc(Oc2ccc(C(C)(C)C)cc2)c(F)c1)C(C)n1cncn1. The van der Waals surface area contributed by atoms with Crippen LogP contribution in [-0.4, -0.2) is 26.7 Å². The Hall–Kier alpha value is -3.22. The summed E-state index contributed by atoms with van der Waals surface area (Å²) in [4.78, 5) is 16.4. The summed E-state index contributed by atoms with van der Waals surface area (Å²) in [5, 5.41) is 6.95. The molecular weight excluding hydrogens is 383 g/mol. The first-order chi connectivity index (χ1) is 14.1. The third-order valence-corrected chi connectivity index (χ3v) is 5.08. The number of carbonyl (C=O) groups is 1. The summed E-state index contributed by atoms with van der Waals surface area (Å²) in [5.74, 6) is -0.359. The molecule has 1 aromatic heterocycles. The minimum Gasteiger partial charge on any atom is -0.454 e. The van der Waals surface area contributed by atoms with Crippen molar-refractivity contribution in [3.05, 3.63) is 72.1 Å². The van der Waals surface area contributed by atoms with Crippen LogP contribution in [0.5, 0.6) is 11.5 Å². The van der Waals surface area contributed by atoms with Crippen LogP contribution in [0.1, 0.15) is 56.6 Å². The summed E-state index contributed by atoms with van der Waals surface area (Å²) < 4.78 is 21.9. The summed E-state index contributed by atoms with van der Waals surface area (Å²) in [6.07, 6.45) is 3.03. The highest BCUT2D eigenvalue weighted by molar-refractivity contribution is 5.94. The lowest BCUT2D eigenvalue weighted by molar-refractivity contribution is 0.0927. The molecule has 0 aliphatic rings. The van der Waals surface area contributed by atoms with Gasteiger partial charge in [-0.2, -0.15) is 5.10 Å². The van der Waals surface area contributed by atoms with E-state index < -0.39 is 5.82 Å². The minimum atomic E-state index is -0.598. The van der Waals surface area contributed by atoms with Crippen LogP contribution in [0.3, 0.4) is 0 Å². The van der Waals surface area contributed by atoms with Gasteiger partial charge in [-0.15, -0.1) is 0 Å². The van der Waals surface area contributed by atoms with Gasteiger partial charge < -0.3 is 10.1 Å². The van der Waals surface area contributed by atoms with Crippen molar-refractivity contribution < 1.29 is 13.9 Å². The van der Waals surface area contributed by atoms with E-state index in [-0.39, 0.29) is 34.7 Å². The number of carbonyl (C=O) groups excluding carboxylic acids is 1. The van der Waals surface area contributed by atoms with E-state index >= 15 is 0 Å². The molecule has 30 heavy (non-hydrogen) atoms. The molecule has 6 nitrogen and oxygen atoms in total. The Morgan fingerprint density at radius 2 is 1.83 bits per heavy atom. The Bertz CT molecular complexity index is 995. The lowest BCUT2D eigenvalue weighted by Gasteiger charge is -2.21. The summed E-state index contributed by atoms with van der Waals surface area (Å²) in [6.45, 7) is 10.2. The molecule has 0 radical (unpaired) electrons. The van der Waals surface area contributed by atoms with Crippen molar-refractivity contribution in [3.8, 4) is 11.5 Å². The van der Waals surface area contributed by atoms with Crippen molar-refractivity contribution >= 4 is 5.91 Å². The maximum Gasteiger partial charge on any atom is 0.251 e. The van der Waals surface area contributed by atoms with E-state index in [4.69, 9.17) is 4.74 Å². The lowest BCUT2D eigenvalue weighted by atomic mass is 9.87. The fraction of sp³-hybridized carbons (Fsp3) is 0.348. The van der Waals surface area contributed by atoms with Crippen molar-refractivity contribution in [2.45, 2.75) is 52.1 Å². The number of rotatable bonds is 6. The van der Waals surface area contributed by atoms with E-state index in [1.165, 1.54) is 18.5 Å². The highest BCUT2D eigenvalue weighted by Crippen LogP contribution is 2.28. The average molecular weight is 410 g/mol. The van der Waals surface area contributed by atoms with Gasteiger partial charge in [-0.25, -0.2) is 14.1 Å². The quantitative estimate of drug-likeness (QED) is 0.628. The Labute approximate surface area is 176 Å². The molecular formula is C23H27FN4O2. The number of hydrogen-bond donors (Lipinski definition) is 1. The van der Waals surface area contributed by atoms with Crippen molar-refractivity contribution in [1.82, 2.24) is 20.1 Å². The molecule has 2 unspecified atom stereocenters. The third-order valence-electron chi connectivity index (χ3n) is 5.08. The first-order valence-electron chi connectivity index (χ1n) is 9.88. The van der Waals surface area contributed by atoms with Gasteiger partial charge in [0.1, 0.15) is 18.4 Å². The van der Waals surface area contributed by atoms with Crippen LogP contribution >= 0.6 is 0 Å². The van der Waals surface area contributed by atoms with Crippen LogP contribution in [0.4, 0.5) is 4.39 Å². The first kappa shape index (κ1) is 21.5. The van der Waals surface area contributed by atoms with Gasteiger partial charge in [0.15, 0.2) is 11.6 Å². The molecule has 3 rings (SSSR count). The Morgan fingerprint density at radius 3 is 2.40 bits per heavy atom. The Balaban J connectivity index is 1.66. The van der Waals surface area contributed by atoms with Crippen molar-refractivity contribution in [3.63, 3.8) is 0 Å². The topological polar surface area (TPSA) is 69.0 Å². The first-order valence-corrected chi connectivity index (χ1v) is 9.88. The van der Waals surface area contributed by atoms with E-state index in [1.54, 1.807) is 17.1 Å². The zero-order valence-corrected chi connectivity index (χ0v) is 17.9. The van der Waals surface area contributed by atoms with Crippen molar-refractivity contribution in [1.29, 1.82) is 0 Å². The third kappa shape index (κ3) is 5.03. The largest absolute Gasteiger partial charge is 0.454 e. The van der Waals surface area contributed by atoms with E-state index in [2.05, 4.69) is 36.2 Å². The molecule has 0 saturated heterocycles. The van der Waals surface area contributed by atoms with Crippen molar-refractivity contribution in [2.75, 3.05) is 0 Å². The molecule has 0 bridgehead atoms. The normalized spacial score (nSPS) is 13.5. The number of nitrogens with one attached hydrogen (secondary N) is 1. The standard InChI is InChI=1S/C23H27FN4O2/c1-15(16(2)28-14-25-13-26-28)27-22(29)17-6-11-21(20(24)12-17)30-19-9-7-18(8-10-19)23(3,4)5/h6-16H,1-5H3,(H,27,29). The summed E-state index contributed by atoms with van der Waals surface area (Å²) >= 11 is 0. The van der Waals surface area contributed by atoms with Crippen LogP contribution in [0.2, 0.25) is 0 Å². The summed E-state index contributed by atoms with van der Waals surface area (Å²) in [6, 6.07) is 11.4. The van der Waals surface area contributed by atoms with Crippen LogP contribution in [0, 0.1) is 5.82 Å². The molecule has 1 amide bonds. The zero-order chi connectivity index (χ0) is 21.9. The number of nitrogens with zero attached hydrogens (tertiary/aromatic N) is 3. The molecule has 1 heterocycles. The second-order valence-electron chi connectivity index (χ2n) is 8.40. The van der Waals surface area contributed by atoms with Gasteiger partial charge in [-0.1, -0.05) is 32.9 Å². The predicted molar refractivity (Wildman–Crippen MR) is 113 cm³/mol. The van der Waals surface area contributed by atoms with Gasteiger partial charge in [0.05, 0.1) is 6.04 Å². The molecule has 3 aromatic rings. The second-order valence-corrected chi connectivity index (χ2v) is 8.40. The maximum atomic E-state index is 14.6. The Morgan fingerprint density at radius 1 is 1.13 bits per heavy atom. The number of aromatic nitrogens is 3. The van der Waals surface area contributed by atoms with Crippen LogP contribution in [-0.2, 0) is 5.41 Å². The predicted octanol–water partition coefficient (Wildman–Crippen LogP) is 4.89. The molecule has 158 valence electrons. The van der Waals surface area contributed by atoms with Gasteiger partial charge in [-0.05, 0) is 55.2 Å². The number of hydrogen-bond acceptors (Lipinski definition) is 4. The fourth-order valence-corrected chi connectivity index (χ4v) is 2.94. The van der Waals surface area contributed by atoms with E-state index in [1.807, 2.05) is 38.1 Å². The summed E-state index contributed by atoms with van der Waals surface area (Å²) in [5.41, 5.74) is 1.42. The van der Waals surface area contributed by atoms with Gasteiger partial charge >= 0.3 is 0 Å². The van der Waals surface area contributed by atoms with Crippen LogP contribution < -0.4 is 10.1 Å². The lowest BCUT2D eigenvalue weighted by Crippen LogP contribution is -2.38. The van der Waals surface area contributed by atoms with Gasteiger partial charge in [0.25, 0.3) is 5.91 Å². The van der Waals surface area contributed by atoms with Gasteiger partial charge in [0, 0.05) is 11.6 Å². The summed E-state index contributed by atoms with van der Waals surface area (Å²) in [7, 11) is 0. The molecule has 0 fully saturated rings. The van der Waals surface area contributed by atoms with E-state index in [0.29, 0.717) is 5.75 Å². The average Bonchev–Trinajstić information content (AvgIpc) is 3.23. The molecule has 7 heteroatoms. The smallest absolute Gasteiger partial charge is 0.251 e. The van der Waals surface area contributed by atoms with Gasteiger partial charge in [-0.3, -0.25) is 4.79 Å². The van der Waals surface area contributed by atoms with Crippen LogP contribution in [0.15, 0.2) is 55.1 Å². The zero-order valence-electron chi connectivity index (χ0n) is 17.9. The van der Waals surface area contributed by atoms with Gasteiger partial charge in [0.2, 0.25) is 0 Å². The highest BCUT2D eigenvalue weighted by atomic mass is 19.1. The number of amides is 1. The number of ether oxygens (including phenoxy) is 1. The van der Waals surface area contributed by atoms with E-state index in [9.17, 15) is 9.18 Å². The fourth-order valence-electron chi connectivity index (χ4n) is 2.94. The van der Waals surface area contributed by atoms with Crippen LogP contribution in [0.25, 0.3) is 0 Å². The van der Waals surface area contributed by atoms with Crippen molar-refractivity contribution in [2.24, 2.45) is 0 Å². The molecule has 0 saturated carbocycles. The number of benzene rings is 2. The monoisotopic (exact) mass is 410 g/mol. The molecule has 2 atom stereocenters. The second kappa shape index (κ2) is 8.65. The molecule has 0 aliphatic heterocycles. The maximum absolute atomic E-state index is 14.6.